The number of unbranched alkanes of at least 4 members (excludes halogenated alkanes) is 16. The third-order valence-corrected chi connectivity index (χ3v) is 10.2. The number of hydrogen-bond acceptors (Lipinski definition) is 8. The first-order chi connectivity index (χ1) is 28.2. The lowest BCUT2D eigenvalue weighted by Gasteiger charge is -2.20. The van der Waals surface area contributed by atoms with Gasteiger partial charge in [-0.2, -0.15) is 0 Å². The van der Waals surface area contributed by atoms with Gasteiger partial charge in [-0.05, 0) is 83.5 Å². The molecule has 0 saturated carbocycles. The second-order valence-corrected chi connectivity index (χ2v) is 16.2. The Labute approximate surface area is 353 Å². The Morgan fingerprint density at radius 3 is 1.52 bits per heavy atom. The van der Waals surface area contributed by atoms with Crippen LogP contribution >= 0.6 is 7.82 Å². The molecule has 0 rings (SSSR count). The van der Waals surface area contributed by atoms with Gasteiger partial charge in [0.25, 0.3) is 0 Å². The quantitative estimate of drug-likeness (QED) is 0.0234. The van der Waals surface area contributed by atoms with Gasteiger partial charge >= 0.3 is 19.8 Å². The van der Waals surface area contributed by atoms with Crippen molar-refractivity contribution < 1.29 is 42.7 Å². The summed E-state index contributed by atoms with van der Waals surface area (Å²) in [6.07, 6.45) is 52.4. The number of carboxylic acid groups (broad SMARTS) is 1. The zero-order valence-corrected chi connectivity index (χ0v) is 37.3. The second kappa shape index (κ2) is 42.5. The molecule has 0 radical (unpaired) electrons. The lowest BCUT2D eigenvalue weighted by molar-refractivity contribution is -0.154. The van der Waals surface area contributed by atoms with Crippen molar-refractivity contribution in [3.05, 3.63) is 72.9 Å². The molecule has 3 unspecified atom stereocenters. The van der Waals surface area contributed by atoms with Crippen molar-refractivity contribution in [2.45, 2.75) is 187 Å². The van der Waals surface area contributed by atoms with E-state index in [0.717, 1.165) is 96.3 Å². The van der Waals surface area contributed by atoms with Crippen LogP contribution in [0.3, 0.4) is 0 Å². The molecule has 0 aliphatic rings. The molecule has 0 aliphatic carbocycles. The van der Waals surface area contributed by atoms with Crippen molar-refractivity contribution >= 4 is 19.8 Å². The lowest BCUT2D eigenvalue weighted by atomic mass is 10.1. The van der Waals surface area contributed by atoms with Gasteiger partial charge < -0.3 is 25.2 Å². The van der Waals surface area contributed by atoms with Crippen LogP contribution < -0.4 is 5.73 Å². The Balaban J connectivity index is 4.26. The van der Waals surface area contributed by atoms with Crippen molar-refractivity contribution in [1.82, 2.24) is 0 Å². The van der Waals surface area contributed by atoms with Gasteiger partial charge in [-0.15, -0.1) is 0 Å². The van der Waals surface area contributed by atoms with E-state index in [1.165, 1.54) is 51.4 Å². The van der Waals surface area contributed by atoms with Gasteiger partial charge in [-0.25, -0.2) is 4.57 Å². The monoisotopic (exact) mass is 836 g/mol. The largest absolute Gasteiger partial charge is 0.480 e. The van der Waals surface area contributed by atoms with Crippen LogP contribution in [0, 0.1) is 0 Å². The predicted molar refractivity (Wildman–Crippen MR) is 240 cm³/mol. The summed E-state index contributed by atoms with van der Waals surface area (Å²) >= 11 is 0. The molecule has 58 heavy (non-hydrogen) atoms. The van der Waals surface area contributed by atoms with Crippen LogP contribution in [-0.4, -0.2) is 60.5 Å². The third-order valence-electron chi connectivity index (χ3n) is 9.22. The molecule has 4 N–H and O–H groups in total. The maximum absolute atomic E-state index is 12.6. The highest BCUT2D eigenvalue weighted by molar-refractivity contribution is 7.47. The first kappa shape index (κ1) is 55.4. The number of allylic oxidation sites excluding steroid dienone is 12. The standard InChI is InChI=1S/C47H82NO9P/c1-3-5-7-9-11-13-15-17-19-20-21-22-23-24-25-26-28-30-32-34-36-38-40-54-41-44(42-55-58(52,53)56-43-45(48)47(50)51)57-46(49)39-37-35-33-31-29-27-18-16-14-12-10-8-6-4-2/h5,7,11,13,16-19,21-22,24-25,44-45H,3-4,6,8-10,12,14-15,20,23,26-43,48H2,1-2H3,(H,50,51)(H,52,53)/b7-5-,13-11-,18-16-,19-17-,22-21-,25-24-. The number of rotatable bonds is 42. The Morgan fingerprint density at radius 1 is 0.569 bits per heavy atom. The Kier molecular flexibility index (Phi) is 40.6. The van der Waals surface area contributed by atoms with Crippen LogP contribution in [0.4, 0.5) is 0 Å². The summed E-state index contributed by atoms with van der Waals surface area (Å²) in [5.41, 5.74) is 5.36. The van der Waals surface area contributed by atoms with Crippen molar-refractivity contribution in [2.24, 2.45) is 5.73 Å². The van der Waals surface area contributed by atoms with E-state index in [1.807, 2.05) is 0 Å². The van der Waals surface area contributed by atoms with E-state index in [1.54, 1.807) is 0 Å². The molecule has 0 aromatic rings. The molecule has 0 aliphatic heterocycles. The van der Waals surface area contributed by atoms with Crippen molar-refractivity contribution in [1.29, 1.82) is 0 Å². The van der Waals surface area contributed by atoms with Gasteiger partial charge in [-0.3, -0.25) is 18.6 Å². The predicted octanol–water partition coefficient (Wildman–Crippen LogP) is 12.6. The summed E-state index contributed by atoms with van der Waals surface area (Å²) in [7, 11) is -4.63. The topological polar surface area (TPSA) is 155 Å². The first-order valence-electron chi connectivity index (χ1n) is 22.5. The molecule has 11 heteroatoms. The van der Waals surface area contributed by atoms with Crippen LogP contribution in [0.2, 0.25) is 0 Å². The third kappa shape index (κ3) is 41.6. The molecule has 0 bridgehead atoms. The molecule has 0 aromatic heterocycles. The summed E-state index contributed by atoms with van der Waals surface area (Å²) in [5, 5.41) is 8.90. The summed E-state index contributed by atoms with van der Waals surface area (Å²) in [6, 6.07) is -1.48. The maximum Gasteiger partial charge on any atom is 0.472 e. The van der Waals surface area contributed by atoms with Gasteiger partial charge in [0.15, 0.2) is 0 Å². The van der Waals surface area contributed by atoms with E-state index >= 15 is 0 Å². The molecular formula is C47H82NO9P. The summed E-state index contributed by atoms with van der Waals surface area (Å²) in [4.78, 5) is 33.5. The van der Waals surface area contributed by atoms with E-state index in [2.05, 4.69) is 86.8 Å². The number of carbonyl (C=O) groups is 2. The molecule has 0 spiro atoms. The fourth-order valence-corrected chi connectivity index (χ4v) is 6.52. The number of aliphatic carboxylic acids is 1. The second-order valence-electron chi connectivity index (χ2n) is 14.8. The highest BCUT2D eigenvalue weighted by Crippen LogP contribution is 2.43. The molecule has 0 aromatic carbocycles. The Bertz CT molecular complexity index is 1200. The van der Waals surface area contributed by atoms with E-state index in [4.69, 9.17) is 29.4 Å². The van der Waals surface area contributed by atoms with E-state index in [9.17, 15) is 19.0 Å². The van der Waals surface area contributed by atoms with Crippen molar-refractivity contribution in [3.63, 3.8) is 0 Å². The molecular weight excluding hydrogens is 753 g/mol. The number of carboxylic acids is 1. The Hall–Kier alpha value is -2.59. The molecule has 10 nitrogen and oxygen atoms in total. The minimum Gasteiger partial charge on any atom is -0.480 e. The van der Waals surface area contributed by atoms with Crippen LogP contribution in [0.25, 0.3) is 0 Å². The van der Waals surface area contributed by atoms with Crippen LogP contribution in [0.15, 0.2) is 72.9 Å². The van der Waals surface area contributed by atoms with Crippen molar-refractivity contribution in [3.8, 4) is 0 Å². The van der Waals surface area contributed by atoms with E-state index in [0.29, 0.717) is 13.0 Å². The fraction of sp³-hybridized carbons (Fsp3) is 0.702. The van der Waals surface area contributed by atoms with E-state index in [-0.39, 0.29) is 13.0 Å². The van der Waals surface area contributed by atoms with Gasteiger partial charge in [0.2, 0.25) is 0 Å². The van der Waals surface area contributed by atoms with Gasteiger partial charge in [-0.1, -0.05) is 157 Å². The van der Waals surface area contributed by atoms with Crippen LogP contribution in [0.5, 0.6) is 0 Å². The minimum atomic E-state index is -4.63. The zero-order valence-electron chi connectivity index (χ0n) is 36.4. The van der Waals surface area contributed by atoms with E-state index < -0.39 is 45.1 Å². The van der Waals surface area contributed by atoms with Crippen LogP contribution in [-0.2, 0) is 32.7 Å². The maximum atomic E-state index is 12.6. The number of esters is 1. The van der Waals surface area contributed by atoms with Gasteiger partial charge in [0.05, 0.1) is 19.8 Å². The smallest absolute Gasteiger partial charge is 0.472 e. The highest BCUT2D eigenvalue weighted by atomic mass is 31.2. The molecule has 3 atom stereocenters. The SMILES string of the molecule is CC/C=C\C/C=C\C/C=C\C/C=C\C/C=C\CCCCCCCCOCC(COP(=O)(O)OCC(N)C(=O)O)OC(=O)CCCCCCC/C=C\CCCCCCC. The lowest BCUT2D eigenvalue weighted by Crippen LogP contribution is -2.34. The summed E-state index contributed by atoms with van der Waals surface area (Å²) in [6.45, 7) is 3.70. The number of carbonyl (C=O) groups excluding carboxylic acids is 1. The average molecular weight is 836 g/mol. The van der Waals surface area contributed by atoms with Gasteiger partial charge in [0, 0.05) is 13.0 Å². The van der Waals surface area contributed by atoms with Gasteiger partial charge in [0.1, 0.15) is 12.1 Å². The normalized spacial score (nSPS) is 14.6. The molecule has 0 fully saturated rings. The van der Waals surface area contributed by atoms with Crippen LogP contribution in [0.1, 0.15) is 174 Å². The zero-order chi connectivity index (χ0) is 42.6. The summed E-state index contributed by atoms with van der Waals surface area (Å²) < 4.78 is 33.3. The minimum absolute atomic E-state index is 0.000114. The molecule has 334 valence electrons. The average Bonchev–Trinajstić information content (AvgIpc) is 3.20. The van der Waals surface area contributed by atoms with Crippen molar-refractivity contribution in [2.75, 3.05) is 26.4 Å². The fourth-order valence-electron chi connectivity index (χ4n) is 5.74. The first-order valence-corrected chi connectivity index (χ1v) is 24.0. The molecule has 0 amide bonds. The molecule has 0 heterocycles. The molecule has 0 saturated heterocycles. The summed E-state index contributed by atoms with van der Waals surface area (Å²) in [5.74, 6) is -1.80. The number of nitrogens with two attached hydrogens (primary N) is 1. The highest BCUT2D eigenvalue weighted by Gasteiger charge is 2.27. The number of phosphoric ester groups is 1. The number of hydrogen-bond donors (Lipinski definition) is 3. The number of phosphoric acid groups is 1. The Morgan fingerprint density at radius 2 is 1.00 bits per heavy atom. The number of ether oxygens (including phenoxy) is 2.